The molecule has 13 heavy (non-hydrogen) atoms. The molecule has 0 radical (unpaired) electrons. The van der Waals surface area contributed by atoms with Crippen molar-refractivity contribution in [1.29, 1.82) is 0 Å². The van der Waals surface area contributed by atoms with Crippen LogP contribution in [0.2, 0.25) is 0 Å². The zero-order valence-electron chi connectivity index (χ0n) is 7.39. The first kappa shape index (κ1) is 18.4. The fourth-order valence-electron chi connectivity index (χ4n) is 0. The van der Waals surface area contributed by atoms with E-state index in [0.29, 0.717) is 0 Å². The topological polar surface area (TPSA) is 121 Å². The quantitative estimate of drug-likeness (QED) is 0.494. The summed E-state index contributed by atoms with van der Waals surface area (Å²) in [6.07, 6.45) is -2.69. The molecule has 7 heteroatoms. The molecule has 0 spiro atoms. The van der Waals surface area contributed by atoms with E-state index in [2.05, 4.69) is 0 Å². The van der Waals surface area contributed by atoms with Crippen molar-refractivity contribution in [3.8, 4) is 0 Å². The van der Waals surface area contributed by atoms with Gasteiger partial charge in [-0.25, -0.2) is 0 Å². The Labute approximate surface area is 92.1 Å². The molecule has 0 aromatic carbocycles. The van der Waals surface area contributed by atoms with E-state index < -0.39 is 24.1 Å². The molecular formula is C6H12O6Sn. The van der Waals surface area contributed by atoms with Crippen LogP contribution in [0.25, 0.3) is 0 Å². The SMILES string of the molecule is CC(O)C(=O)[O-].CC(O)C(=O)[O-].[SnH2+2]. The van der Waals surface area contributed by atoms with Crippen LogP contribution in [-0.2, 0) is 9.59 Å². The number of carbonyl (C=O) groups excluding carboxylic acids is 2. The van der Waals surface area contributed by atoms with Crippen LogP contribution < -0.4 is 10.2 Å². The maximum atomic E-state index is 9.34. The van der Waals surface area contributed by atoms with Crippen molar-refractivity contribution in [2.75, 3.05) is 0 Å². The average Bonchev–Trinajstić information content (AvgIpc) is 1.88. The van der Waals surface area contributed by atoms with Gasteiger partial charge in [0.05, 0.1) is 24.1 Å². The first-order chi connectivity index (χ1) is 5.29. The van der Waals surface area contributed by atoms with Crippen molar-refractivity contribution in [3.63, 3.8) is 0 Å². The fraction of sp³-hybridized carbons (Fsp3) is 0.667. The van der Waals surface area contributed by atoms with E-state index >= 15 is 0 Å². The second-order valence-electron chi connectivity index (χ2n) is 1.99. The molecule has 0 fully saturated rings. The first-order valence-electron chi connectivity index (χ1n) is 3.06. The van der Waals surface area contributed by atoms with Crippen LogP contribution in [0, 0.1) is 0 Å². The summed E-state index contributed by atoms with van der Waals surface area (Å²) in [6, 6.07) is 0. The van der Waals surface area contributed by atoms with Gasteiger partial charge < -0.3 is 30.0 Å². The van der Waals surface area contributed by atoms with Gasteiger partial charge in [0.25, 0.3) is 0 Å². The minimum absolute atomic E-state index is 0. The molecule has 2 unspecified atom stereocenters. The molecule has 0 rings (SSSR count). The van der Waals surface area contributed by atoms with Crippen molar-refractivity contribution in [2.45, 2.75) is 26.1 Å². The van der Waals surface area contributed by atoms with Gasteiger partial charge in [0.15, 0.2) is 0 Å². The van der Waals surface area contributed by atoms with Crippen LogP contribution in [0.3, 0.4) is 0 Å². The molecule has 2 N–H and O–H groups in total. The molecule has 0 aliphatic rings. The van der Waals surface area contributed by atoms with Crippen LogP contribution >= 0.6 is 0 Å². The fourth-order valence-corrected chi connectivity index (χ4v) is 0. The summed E-state index contributed by atoms with van der Waals surface area (Å²) in [5.41, 5.74) is 0. The molecule has 76 valence electrons. The molecule has 0 saturated carbocycles. The van der Waals surface area contributed by atoms with Gasteiger partial charge in [0.1, 0.15) is 0 Å². The number of carboxylic acid groups (broad SMARTS) is 2. The zero-order valence-corrected chi connectivity index (χ0v) is 11.4. The van der Waals surface area contributed by atoms with Crippen LogP contribution in [-0.4, -0.2) is 58.3 Å². The Morgan fingerprint density at radius 3 is 1.08 bits per heavy atom. The Bertz CT molecular complexity index is 137. The van der Waals surface area contributed by atoms with Crippen molar-refractivity contribution in [3.05, 3.63) is 0 Å². The van der Waals surface area contributed by atoms with E-state index in [-0.39, 0.29) is 23.9 Å². The van der Waals surface area contributed by atoms with Crippen LogP contribution in [0.5, 0.6) is 0 Å². The number of carboxylic acids is 2. The van der Waals surface area contributed by atoms with E-state index in [9.17, 15) is 19.8 Å². The van der Waals surface area contributed by atoms with Gasteiger partial charge in [-0.1, -0.05) is 0 Å². The second kappa shape index (κ2) is 9.74. The third kappa shape index (κ3) is 18.5. The molecule has 0 heterocycles. The first-order valence-corrected chi connectivity index (χ1v) is 3.06. The van der Waals surface area contributed by atoms with Crippen molar-refractivity contribution < 1.29 is 30.0 Å². The number of aliphatic hydroxyl groups is 2. The van der Waals surface area contributed by atoms with Crippen LogP contribution in [0.15, 0.2) is 0 Å². The monoisotopic (exact) mass is 300 g/mol. The van der Waals surface area contributed by atoms with E-state index in [4.69, 9.17) is 10.2 Å². The number of rotatable bonds is 2. The average molecular weight is 299 g/mol. The molecule has 0 amide bonds. The third-order valence-electron chi connectivity index (χ3n) is 0.682. The zero-order chi connectivity index (χ0) is 10.3. The van der Waals surface area contributed by atoms with Gasteiger partial charge in [-0.15, -0.1) is 0 Å². The molecule has 0 saturated heterocycles. The number of aliphatic carboxylic acids is 2. The summed E-state index contributed by atoms with van der Waals surface area (Å²) < 4.78 is 0. The van der Waals surface area contributed by atoms with E-state index in [1.54, 1.807) is 0 Å². The summed E-state index contributed by atoms with van der Waals surface area (Å²) in [7, 11) is 0. The Hall–Kier alpha value is -0.341. The van der Waals surface area contributed by atoms with Crippen LogP contribution in [0.4, 0.5) is 0 Å². The second-order valence-corrected chi connectivity index (χ2v) is 1.99. The third-order valence-corrected chi connectivity index (χ3v) is 0.682. The normalized spacial score (nSPS) is 12.6. The number of carbonyl (C=O) groups is 2. The number of aliphatic hydroxyl groups excluding tert-OH is 2. The Balaban J connectivity index is -0.000000143. The van der Waals surface area contributed by atoms with Crippen molar-refractivity contribution in [2.24, 2.45) is 0 Å². The molecule has 6 nitrogen and oxygen atoms in total. The van der Waals surface area contributed by atoms with Gasteiger partial charge in [-0.05, 0) is 13.8 Å². The van der Waals surface area contributed by atoms with Crippen LogP contribution in [0.1, 0.15) is 13.8 Å². The van der Waals surface area contributed by atoms with Crippen molar-refractivity contribution >= 4 is 35.8 Å². The summed E-state index contributed by atoms with van der Waals surface area (Å²) in [5.74, 6) is -2.87. The van der Waals surface area contributed by atoms with E-state index in [0.717, 1.165) is 13.8 Å². The minimum atomic E-state index is -1.44. The molecular weight excluding hydrogens is 287 g/mol. The summed E-state index contributed by atoms with van der Waals surface area (Å²) in [5, 5.41) is 34.6. The maximum absolute atomic E-state index is 9.34. The van der Waals surface area contributed by atoms with Gasteiger partial charge >= 0.3 is 23.9 Å². The summed E-state index contributed by atoms with van der Waals surface area (Å²) >= 11 is 0. The number of hydrogen-bond acceptors (Lipinski definition) is 6. The van der Waals surface area contributed by atoms with Gasteiger partial charge in [0, 0.05) is 0 Å². The molecule has 0 bridgehead atoms. The predicted octanol–water partition coefficient (Wildman–Crippen LogP) is -4.68. The molecule has 0 aromatic rings. The standard InChI is InChI=1S/2C3H6O3.Sn.2H/c2*1-2(4)3(5)6;;;/h2*2,4H,1H3,(H,5,6);;;/q;;+2;;/p-2. The van der Waals surface area contributed by atoms with Gasteiger partial charge in [-0.3, -0.25) is 0 Å². The number of hydrogen-bond donors (Lipinski definition) is 2. The molecule has 0 aliphatic carbocycles. The van der Waals surface area contributed by atoms with E-state index in [1.165, 1.54) is 0 Å². The van der Waals surface area contributed by atoms with Gasteiger partial charge in [-0.2, -0.15) is 0 Å². The Morgan fingerprint density at radius 2 is 1.08 bits per heavy atom. The van der Waals surface area contributed by atoms with Gasteiger partial charge in [0.2, 0.25) is 0 Å². The molecule has 0 aliphatic heterocycles. The predicted molar refractivity (Wildman–Crippen MR) is 41.9 cm³/mol. The Kier molecular flexibility index (Phi) is 13.8. The molecule has 2 atom stereocenters. The Morgan fingerprint density at radius 1 is 1.00 bits per heavy atom. The van der Waals surface area contributed by atoms with E-state index in [1.807, 2.05) is 0 Å². The summed E-state index contributed by atoms with van der Waals surface area (Å²) in [6.45, 7) is 2.27. The molecule has 0 aromatic heterocycles. The van der Waals surface area contributed by atoms with Crippen molar-refractivity contribution in [1.82, 2.24) is 0 Å². The summed E-state index contributed by atoms with van der Waals surface area (Å²) in [4.78, 5) is 18.7.